The lowest BCUT2D eigenvalue weighted by molar-refractivity contribution is -0.149. The predicted octanol–water partition coefficient (Wildman–Crippen LogP) is 1.50. The highest BCUT2D eigenvalue weighted by Gasteiger charge is 2.30. The van der Waals surface area contributed by atoms with Gasteiger partial charge in [-0.2, -0.15) is 0 Å². The Morgan fingerprint density at radius 1 is 0.800 bits per heavy atom. The van der Waals surface area contributed by atoms with Gasteiger partial charge < -0.3 is 9.47 Å². The van der Waals surface area contributed by atoms with E-state index in [0.717, 1.165) is 0 Å². The summed E-state index contributed by atoms with van der Waals surface area (Å²) >= 11 is 0. The van der Waals surface area contributed by atoms with Gasteiger partial charge in [0.2, 0.25) is 0 Å². The summed E-state index contributed by atoms with van der Waals surface area (Å²) in [6.45, 7) is 9.99. The molecule has 20 heavy (non-hydrogen) atoms. The first-order valence-corrected chi connectivity index (χ1v) is 7.80. The van der Waals surface area contributed by atoms with E-state index in [9.17, 15) is 14.2 Å². The minimum Gasteiger partial charge on any atom is -0.462 e. The second-order valence-corrected chi connectivity index (χ2v) is 6.07. The zero-order valence-corrected chi connectivity index (χ0v) is 13.7. The highest BCUT2D eigenvalue weighted by molar-refractivity contribution is 7.40. The molecule has 0 saturated heterocycles. The lowest BCUT2D eigenvalue weighted by atomic mass is 10.4. The molecule has 2 N–H and O–H groups in total. The summed E-state index contributed by atoms with van der Waals surface area (Å²) in [7, 11) is -2.13. The van der Waals surface area contributed by atoms with Crippen LogP contribution in [0.25, 0.3) is 0 Å². The topological polar surface area (TPSA) is 93.7 Å². The second kappa shape index (κ2) is 9.00. The van der Waals surface area contributed by atoms with Crippen LogP contribution >= 0.6 is 8.10 Å². The first-order chi connectivity index (χ1) is 9.13. The number of carbonyl (C=O) groups is 2. The monoisotopic (exact) mass is 307 g/mol. The van der Waals surface area contributed by atoms with Gasteiger partial charge in [0.1, 0.15) is 12.1 Å². The highest BCUT2D eigenvalue weighted by Crippen LogP contribution is 2.12. The summed E-state index contributed by atoms with van der Waals surface area (Å²) in [4.78, 5) is 23.0. The van der Waals surface area contributed by atoms with Gasteiger partial charge in [-0.1, -0.05) is 10.2 Å². The van der Waals surface area contributed by atoms with Gasteiger partial charge in [-0.3, -0.25) is 9.59 Å². The van der Waals surface area contributed by atoms with Crippen molar-refractivity contribution in [3.8, 4) is 0 Å². The van der Waals surface area contributed by atoms with Crippen molar-refractivity contribution in [3.05, 3.63) is 0 Å². The fourth-order valence-corrected chi connectivity index (χ4v) is 2.15. The molecule has 0 aromatic rings. The van der Waals surface area contributed by atoms with Crippen molar-refractivity contribution in [2.45, 2.75) is 65.8 Å². The fraction of sp³-hybridized carbons (Fsp3) is 0.833. The van der Waals surface area contributed by atoms with Crippen LogP contribution in [0.15, 0.2) is 0 Å². The lowest BCUT2D eigenvalue weighted by Gasteiger charge is -2.12. The molecule has 0 rings (SSSR count). The van der Waals surface area contributed by atoms with E-state index in [0.29, 0.717) is 0 Å². The number of esters is 2. The zero-order valence-electron chi connectivity index (χ0n) is 12.8. The average molecular weight is 307 g/mol. The predicted molar refractivity (Wildman–Crippen MR) is 75.3 cm³/mol. The molecule has 7 nitrogen and oxygen atoms in total. The smallest absolute Gasteiger partial charge is 0.462 e. The van der Waals surface area contributed by atoms with E-state index in [1.54, 1.807) is 27.7 Å². The summed E-state index contributed by atoms with van der Waals surface area (Å²) < 4.78 is 21.7. The van der Waals surface area contributed by atoms with E-state index >= 15 is 0 Å². The largest absolute Gasteiger partial charge is 0.533 e. The van der Waals surface area contributed by atoms with Crippen LogP contribution < -0.4 is 10.2 Å². The van der Waals surface area contributed by atoms with Crippen molar-refractivity contribution in [2.75, 3.05) is 0 Å². The molecule has 0 aliphatic carbocycles. The maximum atomic E-state index is 11.8. The summed E-state index contributed by atoms with van der Waals surface area (Å²) in [6.07, 6.45) is -0.477. The number of hydrogen-bond acceptors (Lipinski definition) is 5. The Hall–Kier alpha value is -1.04. The van der Waals surface area contributed by atoms with Gasteiger partial charge in [-0.05, 0) is 46.1 Å². The molecule has 0 bridgehead atoms. The van der Waals surface area contributed by atoms with Gasteiger partial charge in [-0.25, -0.2) is 0 Å². The van der Waals surface area contributed by atoms with Gasteiger partial charge in [-0.15, -0.1) is 0 Å². The van der Waals surface area contributed by atoms with Crippen LogP contribution in [0.4, 0.5) is 0 Å². The normalized spacial score (nSPS) is 14.0. The van der Waals surface area contributed by atoms with Crippen molar-refractivity contribution in [1.82, 2.24) is 10.2 Å². The summed E-state index contributed by atoms with van der Waals surface area (Å²) in [5, 5.41) is 5.08. The third kappa shape index (κ3) is 8.19. The minimum absolute atomic E-state index is 0.238. The highest BCUT2D eigenvalue weighted by atomic mass is 31.1. The van der Waals surface area contributed by atoms with E-state index in [1.807, 2.05) is 0 Å². The third-order valence-electron chi connectivity index (χ3n) is 2.03. The molecular formula is C12H24N2O5P+. The summed E-state index contributed by atoms with van der Waals surface area (Å²) in [5.74, 6) is -0.995. The molecule has 0 aliphatic rings. The van der Waals surface area contributed by atoms with Gasteiger partial charge in [0.15, 0.2) is 0 Å². The van der Waals surface area contributed by atoms with E-state index < -0.39 is 32.1 Å². The molecule has 0 unspecified atom stereocenters. The Morgan fingerprint density at radius 2 is 1.10 bits per heavy atom. The van der Waals surface area contributed by atoms with Crippen LogP contribution in [0.1, 0.15) is 41.5 Å². The minimum atomic E-state index is -2.13. The first kappa shape index (κ1) is 19.0. The van der Waals surface area contributed by atoms with Crippen molar-refractivity contribution < 1.29 is 23.6 Å². The molecule has 0 radical (unpaired) electrons. The molecular weight excluding hydrogens is 283 g/mol. The molecule has 8 heteroatoms. The Labute approximate surface area is 120 Å². The van der Waals surface area contributed by atoms with E-state index in [4.69, 9.17) is 9.47 Å². The molecule has 0 heterocycles. The standard InChI is InChI=1S/C12H24N2O5P/c1-7(2)18-11(15)9(5)13-20(17)14-10(6)12(16)19-8(3)4/h7-10H,1-6H3,(H2,13,14,17)/q+1/t9-,10-/m0/s1. The van der Waals surface area contributed by atoms with Crippen LogP contribution in [0.3, 0.4) is 0 Å². The molecule has 0 aliphatic heterocycles. The first-order valence-electron chi connectivity index (χ1n) is 6.54. The van der Waals surface area contributed by atoms with Crippen molar-refractivity contribution in [1.29, 1.82) is 0 Å². The summed E-state index contributed by atoms with van der Waals surface area (Å²) in [6, 6.07) is -1.47. The average Bonchev–Trinajstić information content (AvgIpc) is 2.26. The van der Waals surface area contributed by atoms with E-state index in [-0.39, 0.29) is 12.2 Å². The van der Waals surface area contributed by atoms with Gasteiger partial charge in [0.05, 0.1) is 12.2 Å². The number of hydrogen-bond donors (Lipinski definition) is 2. The lowest BCUT2D eigenvalue weighted by Crippen LogP contribution is -2.38. The number of carbonyl (C=O) groups excluding carboxylic acids is 2. The van der Waals surface area contributed by atoms with Crippen LogP contribution in [0.5, 0.6) is 0 Å². The second-order valence-electron chi connectivity index (χ2n) is 4.97. The molecule has 116 valence electrons. The van der Waals surface area contributed by atoms with Gasteiger partial charge in [0.25, 0.3) is 0 Å². The summed E-state index contributed by atoms with van der Waals surface area (Å²) in [5.41, 5.74) is 0. The SMILES string of the molecule is CC(C)OC(=O)[C@H](C)N[P+](=O)N[C@@H](C)C(=O)OC(C)C. The molecule has 0 spiro atoms. The molecule has 0 saturated carbocycles. The number of nitrogens with one attached hydrogen (secondary N) is 2. The fourth-order valence-electron chi connectivity index (χ4n) is 1.16. The van der Waals surface area contributed by atoms with Gasteiger partial charge in [0, 0.05) is 0 Å². The number of rotatable bonds is 8. The quantitative estimate of drug-likeness (QED) is 0.518. The maximum Gasteiger partial charge on any atom is 0.533 e. The Balaban J connectivity index is 4.22. The van der Waals surface area contributed by atoms with E-state index in [2.05, 4.69) is 10.2 Å². The maximum absolute atomic E-state index is 11.8. The molecule has 0 aromatic carbocycles. The molecule has 0 aromatic heterocycles. The van der Waals surface area contributed by atoms with Crippen LogP contribution in [0, 0.1) is 0 Å². The Kier molecular flexibility index (Phi) is 8.53. The van der Waals surface area contributed by atoms with Crippen LogP contribution in [-0.2, 0) is 23.6 Å². The van der Waals surface area contributed by atoms with Crippen molar-refractivity contribution in [2.24, 2.45) is 0 Å². The molecule has 0 amide bonds. The van der Waals surface area contributed by atoms with Crippen molar-refractivity contribution >= 4 is 20.0 Å². The third-order valence-corrected chi connectivity index (χ3v) is 3.28. The molecule has 2 atom stereocenters. The zero-order chi connectivity index (χ0) is 15.9. The Bertz CT molecular complexity index is 328. The van der Waals surface area contributed by atoms with Crippen LogP contribution in [0.2, 0.25) is 0 Å². The van der Waals surface area contributed by atoms with Crippen molar-refractivity contribution in [3.63, 3.8) is 0 Å². The molecule has 0 fully saturated rings. The Morgan fingerprint density at radius 3 is 1.35 bits per heavy atom. The van der Waals surface area contributed by atoms with Gasteiger partial charge >= 0.3 is 20.0 Å². The van der Waals surface area contributed by atoms with E-state index in [1.165, 1.54) is 13.8 Å². The number of ether oxygens (including phenoxy) is 2. The van der Waals surface area contributed by atoms with Crippen LogP contribution in [-0.4, -0.2) is 36.2 Å².